The topological polar surface area (TPSA) is 116 Å². The lowest BCUT2D eigenvalue weighted by molar-refractivity contribution is -0.120. The normalized spacial score (nSPS) is 11.6. The quantitative estimate of drug-likeness (QED) is 0.466. The first-order chi connectivity index (χ1) is 12.8. The Morgan fingerprint density at radius 3 is 2.56 bits per heavy atom. The van der Waals surface area contributed by atoms with Gasteiger partial charge in [0.05, 0.1) is 25.0 Å². The summed E-state index contributed by atoms with van der Waals surface area (Å²) < 4.78 is 5.81. The van der Waals surface area contributed by atoms with Crippen molar-refractivity contribution in [2.75, 3.05) is 7.11 Å². The molecule has 4 N–H and O–H groups in total. The molecule has 0 spiro atoms. The second kappa shape index (κ2) is 9.54. The Balaban J connectivity index is 2.06. The maximum absolute atomic E-state index is 12.3. The number of benzene rings is 2. The summed E-state index contributed by atoms with van der Waals surface area (Å²) in [5, 5.41) is 30.8. The monoisotopic (exact) mass is 435 g/mol. The van der Waals surface area contributed by atoms with Crippen molar-refractivity contribution >= 4 is 34.9 Å². The SMILES string of the molecule is COc1ccc(CC(=O)NC(Cc2cccc(C(=O)O)c2)B(O)O)c(Br)c1. The van der Waals surface area contributed by atoms with Crippen molar-refractivity contribution in [2.45, 2.75) is 18.8 Å². The van der Waals surface area contributed by atoms with Gasteiger partial charge >= 0.3 is 13.1 Å². The number of nitrogens with one attached hydrogen (secondary N) is 1. The smallest absolute Gasteiger partial charge is 0.475 e. The number of carboxylic acids is 1. The summed E-state index contributed by atoms with van der Waals surface area (Å²) >= 11 is 3.37. The van der Waals surface area contributed by atoms with E-state index in [1.165, 1.54) is 12.1 Å². The van der Waals surface area contributed by atoms with Gasteiger partial charge in [0.15, 0.2) is 0 Å². The summed E-state index contributed by atoms with van der Waals surface area (Å²) in [5.41, 5.74) is 1.37. The molecule has 0 heterocycles. The van der Waals surface area contributed by atoms with Gasteiger partial charge in [-0.25, -0.2) is 4.79 Å². The Bertz CT molecular complexity index is 829. The highest BCUT2D eigenvalue weighted by Gasteiger charge is 2.26. The van der Waals surface area contributed by atoms with Crippen molar-refractivity contribution in [3.8, 4) is 5.75 Å². The molecule has 0 saturated heterocycles. The third kappa shape index (κ3) is 6.09. The molecule has 0 bridgehead atoms. The molecule has 7 nitrogen and oxygen atoms in total. The molecule has 1 unspecified atom stereocenters. The third-order valence-corrected chi connectivity index (χ3v) is 4.69. The maximum Gasteiger partial charge on any atom is 0.475 e. The van der Waals surface area contributed by atoms with E-state index in [4.69, 9.17) is 9.84 Å². The van der Waals surface area contributed by atoms with Gasteiger partial charge in [0.25, 0.3) is 0 Å². The highest BCUT2D eigenvalue weighted by molar-refractivity contribution is 9.10. The van der Waals surface area contributed by atoms with Crippen LogP contribution in [0.5, 0.6) is 5.75 Å². The number of hydrogen-bond acceptors (Lipinski definition) is 5. The van der Waals surface area contributed by atoms with Gasteiger partial charge in [0.1, 0.15) is 5.75 Å². The Morgan fingerprint density at radius 2 is 1.96 bits per heavy atom. The molecular formula is C18H19BBrNO6. The summed E-state index contributed by atoms with van der Waals surface area (Å²) in [6.07, 6.45) is 0.108. The van der Waals surface area contributed by atoms with Crippen LogP contribution in [0, 0.1) is 0 Å². The molecule has 2 aromatic carbocycles. The van der Waals surface area contributed by atoms with Gasteiger partial charge in [-0.15, -0.1) is 0 Å². The van der Waals surface area contributed by atoms with Crippen molar-refractivity contribution < 1.29 is 29.5 Å². The standard InChI is InChI=1S/C18H19BBrNO6/c1-27-14-6-5-12(15(20)10-14)9-17(22)21-16(19(25)26)8-11-3-2-4-13(7-11)18(23)24/h2-7,10,16,25-26H,8-9H2,1H3,(H,21,22)(H,23,24). The molecule has 1 amide bonds. The van der Waals surface area contributed by atoms with Crippen LogP contribution >= 0.6 is 15.9 Å². The Labute approximate surface area is 165 Å². The fourth-order valence-corrected chi connectivity index (χ4v) is 3.04. The fraction of sp³-hybridized carbons (Fsp3) is 0.222. The molecule has 2 rings (SSSR count). The van der Waals surface area contributed by atoms with Crippen molar-refractivity contribution in [1.29, 1.82) is 0 Å². The van der Waals surface area contributed by atoms with Crippen LogP contribution in [0.2, 0.25) is 0 Å². The molecule has 0 radical (unpaired) electrons. The lowest BCUT2D eigenvalue weighted by Gasteiger charge is -2.18. The highest BCUT2D eigenvalue weighted by Crippen LogP contribution is 2.23. The number of halogens is 1. The highest BCUT2D eigenvalue weighted by atomic mass is 79.9. The number of carbonyl (C=O) groups is 2. The first kappa shape index (κ1) is 21.0. The van der Waals surface area contributed by atoms with Crippen molar-refractivity contribution in [1.82, 2.24) is 5.32 Å². The molecule has 27 heavy (non-hydrogen) atoms. The van der Waals surface area contributed by atoms with Gasteiger partial charge in [-0.2, -0.15) is 0 Å². The molecular weight excluding hydrogens is 417 g/mol. The summed E-state index contributed by atoms with van der Waals surface area (Å²) in [6.45, 7) is 0. The number of rotatable bonds is 8. The minimum atomic E-state index is -1.79. The van der Waals surface area contributed by atoms with Crippen LogP contribution in [0.3, 0.4) is 0 Å². The van der Waals surface area contributed by atoms with Crippen molar-refractivity contribution in [2.24, 2.45) is 0 Å². The second-order valence-corrected chi connectivity index (χ2v) is 6.79. The minimum Gasteiger partial charge on any atom is -0.497 e. The van der Waals surface area contributed by atoms with Crippen LogP contribution in [0.1, 0.15) is 21.5 Å². The minimum absolute atomic E-state index is 0.0307. The number of carbonyl (C=O) groups excluding carboxylic acids is 1. The zero-order valence-corrected chi connectivity index (χ0v) is 16.1. The third-order valence-electron chi connectivity index (χ3n) is 3.95. The predicted molar refractivity (Wildman–Crippen MR) is 104 cm³/mol. The molecule has 0 aliphatic heterocycles. The van der Waals surface area contributed by atoms with Gasteiger partial charge in [-0.3, -0.25) is 4.79 Å². The maximum atomic E-state index is 12.3. The van der Waals surface area contributed by atoms with E-state index in [1.807, 2.05) is 0 Å². The zero-order valence-electron chi connectivity index (χ0n) is 14.6. The predicted octanol–water partition coefficient (Wildman–Crippen LogP) is 1.44. The Hall–Kier alpha value is -2.36. The van der Waals surface area contributed by atoms with Crippen LogP contribution in [0.15, 0.2) is 46.9 Å². The molecule has 1 atom stereocenters. The van der Waals surface area contributed by atoms with E-state index in [0.717, 1.165) is 0 Å². The van der Waals surface area contributed by atoms with E-state index in [2.05, 4.69) is 21.2 Å². The van der Waals surface area contributed by atoms with E-state index in [9.17, 15) is 19.6 Å². The summed E-state index contributed by atoms with van der Waals surface area (Å²) in [4.78, 5) is 23.4. The van der Waals surface area contributed by atoms with Gasteiger partial charge in [0.2, 0.25) is 5.91 Å². The number of methoxy groups -OCH3 is 1. The van der Waals surface area contributed by atoms with Gasteiger partial charge in [-0.1, -0.05) is 34.1 Å². The summed E-state index contributed by atoms with van der Waals surface area (Å²) in [7, 11) is -0.248. The number of aromatic carboxylic acids is 1. The summed E-state index contributed by atoms with van der Waals surface area (Å²) in [5.74, 6) is -1.80. The molecule has 0 fully saturated rings. The van der Waals surface area contributed by atoms with E-state index in [1.54, 1.807) is 37.4 Å². The van der Waals surface area contributed by atoms with Crippen LogP contribution in [-0.2, 0) is 17.6 Å². The van der Waals surface area contributed by atoms with Crippen LogP contribution in [-0.4, -0.2) is 47.2 Å². The van der Waals surface area contributed by atoms with Crippen LogP contribution in [0.25, 0.3) is 0 Å². The average Bonchev–Trinajstić information content (AvgIpc) is 2.63. The molecule has 0 saturated carbocycles. The lowest BCUT2D eigenvalue weighted by Crippen LogP contribution is -2.48. The van der Waals surface area contributed by atoms with Crippen molar-refractivity contribution in [3.05, 3.63) is 63.6 Å². The molecule has 0 aromatic heterocycles. The van der Waals surface area contributed by atoms with E-state index >= 15 is 0 Å². The lowest BCUT2D eigenvalue weighted by atomic mass is 9.75. The van der Waals surface area contributed by atoms with Crippen LogP contribution < -0.4 is 10.1 Å². The molecule has 0 aliphatic rings. The Kier molecular flexibility index (Phi) is 7.40. The molecule has 142 valence electrons. The van der Waals surface area contributed by atoms with E-state index in [0.29, 0.717) is 21.3 Å². The number of ether oxygens (including phenoxy) is 1. The van der Waals surface area contributed by atoms with Gasteiger partial charge in [0, 0.05) is 4.47 Å². The summed E-state index contributed by atoms with van der Waals surface area (Å²) in [6, 6.07) is 11.3. The van der Waals surface area contributed by atoms with Gasteiger partial charge in [-0.05, 0) is 41.8 Å². The second-order valence-electron chi connectivity index (χ2n) is 5.93. The van der Waals surface area contributed by atoms with Crippen LogP contribution in [0.4, 0.5) is 0 Å². The zero-order chi connectivity index (χ0) is 20.0. The largest absolute Gasteiger partial charge is 0.497 e. The van der Waals surface area contributed by atoms with E-state index < -0.39 is 24.9 Å². The molecule has 2 aromatic rings. The van der Waals surface area contributed by atoms with Crippen molar-refractivity contribution in [3.63, 3.8) is 0 Å². The van der Waals surface area contributed by atoms with E-state index in [-0.39, 0.29) is 18.4 Å². The number of amides is 1. The molecule has 0 aliphatic carbocycles. The first-order valence-electron chi connectivity index (χ1n) is 8.10. The molecule has 9 heteroatoms. The fourth-order valence-electron chi connectivity index (χ4n) is 2.55. The average molecular weight is 436 g/mol. The van der Waals surface area contributed by atoms with Gasteiger partial charge < -0.3 is 25.2 Å². The number of hydrogen-bond donors (Lipinski definition) is 4. The number of carboxylic acid groups (broad SMARTS) is 1. The Morgan fingerprint density at radius 1 is 1.22 bits per heavy atom. The first-order valence-corrected chi connectivity index (χ1v) is 8.89.